The Morgan fingerprint density at radius 1 is 1.27 bits per heavy atom. The summed E-state index contributed by atoms with van der Waals surface area (Å²) in [6, 6.07) is 5.07. The molecule has 146 valence electrons. The quantitative estimate of drug-likeness (QED) is 0.518. The Balaban J connectivity index is 2.60. The molecule has 0 saturated carbocycles. The highest BCUT2D eigenvalue weighted by Crippen LogP contribution is 2.43. The molecule has 0 aromatic heterocycles. The van der Waals surface area contributed by atoms with Gasteiger partial charge in [0.1, 0.15) is 5.75 Å². The normalized spacial score (nSPS) is 23.3. The predicted octanol–water partition coefficient (Wildman–Crippen LogP) is 2.48. The first-order valence-corrected chi connectivity index (χ1v) is 8.27. The average molecular weight is 442 g/mol. The molecule has 1 heterocycles. The lowest BCUT2D eigenvalue weighted by molar-refractivity contribution is -0.413. The summed E-state index contributed by atoms with van der Waals surface area (Å²) in [4.78, 5) is 2.94. The van der Waals surface area contributed by atoms with Crippen molar-refractivity contribution in [3.63, 3.8) is 0 Å². The molecule has 2 rings (SSSR count). The van der Waals surface area contributed by atoms with Gasteiger partial charge in [0.2, 0.25) is 11.6 Å². The van der Waals surface area contributed by atoms with E-state index in [1.807, 2.05) is 0 Å². The molecule has 1 aromatic carbocycles. The summed E-state index contributed by atoms with van der Waals surface area (Å²) < 4.78 is 54.5. The first kappa shape index (κ1) is 20.6. The monoisotopic (exact) mass is 441 g/mol. The molecule has 2 atom stereocenters. The Morgan fingerprint density at radius 2 is 1.96 bits per heavy atom. The number of rotatable bonds is 6. The first-order valence-electron chi connectivity index (χ1n) is 7.35. The second kappa shape index (κ2) is 7.91. The maximum absolute atomic E-state index is 12.8. The highest BCUT2D eigenvalue weighted by atomic mass is 79.9. The standard InChI is InChI=1S/C15H19BrF3N3O4/c1-23-11-5-4-9(7-20)6-10(11)14(25-3)13(16)22(26-15(17,18)19)8-12(21-14)24-2/h4-6,8,13,21H,7,20H2,1-3H3. The number of hydrogen-bond acceptors (Lipinski definition) is 7. The molecule has 0 fully saturated rings. The van der Waals surface area contributed by atoms with Gasteiger partial charge >= 0.3 is 6.36 Å². The van der Waals surface area contributed by atoms with E-state index in [-0.39, 0.29) is 12.4 Å². The number of methoxy groups -OCH3 is 3. The summed E-state index contributed by atoms with van der Waals surface area (Å²) in [5.74, 6) is 0.373. The maximum atomic E-state index is 12.8. The molecule has 0 aliphatic carbocycles. The average Bonchev–Trinajstić information content (AvgIpc) is 2.62. The van der Waals surface area contributed by atoms with E-state index in [0.717, 1.165) is 11.8 Å². The molecule has 0 radical (unpaired) electrons. The minimum Gasteiger partial charge on any atom is -0.496 e. The number of nitrogens with zero attached hydrogens (tertiary/aromatic N) is 1. The summed E-state index contributed by atoms with van der Waals surface area (Å²) >= 11 is 3.22. The lowest BCUT2D eigenvalue weighted by Crippen LogP contribution is -2.59. The van der Waals surface area contributed by atoms with E-state index in [1.54, 1.807) is 18.2 Å². The lowest BCUT2D eigenvalue weighted by atomic mass is 9.97. The van der Waals surface area contributed by atoms with Gasteiger partial charge in [-0.05, 0) is 17.7 Å². The van der Waals surface area contributed by atoms with E-state index < -0.39 is 17.0 Å². The van der Waals surface area contributed by atoms with Crippen molar-refractivity contribution in [2.75, 3.05) is 21.3 Å². The van der Waals surface area contributed by atoms with Crippen LogP contribution >= 0.6 is 15.9 Å². The Kier molecular flexibility index (Phi) is 6.27. The number of ether oxygens (including phenoxy) is 3. The Labute approximate surface area is 156 Å². The zero-order valence-corrected chi connectivity index (χ0v) is 15.8. The van der Waals surface area contributed by atoms with E-state index in [9.17, 15) is 13.2 Å². The third kappa shape index (κ3) is 4.00. The molecule has 0 saturated heterocycles. The Bertz CT molecular complexity index is 674. The zero-order valence-electron chi connectivity index (χ0n) is 14.3. The van der Waals surface area contributed by atoms with E-state index >= 15 is 0 Å². The lowest BCUT2D eigenvalue weighted by Gasteiger charge is -2.45. The minimum atomic E-state index is -4.92. The topological polar surface area (TPSA) is 78.2 Å². The van der Waals surface area contributed by atoms with Crippen LogP contribution in [-0.2, 0) is 26.6 Å². The van der Waals surface area contributed by atoms with Crippen molar-refractivity contribution in [2.45, 2.75) is 23.6 Å². The van der Waals surface area contributed by atoms with Crippen LogP contribution in [0.15, 0.2) is 30.3 Å². The Hall–Kier alpha value is -1.69. The van der Waals surface area contributed by atoms with Crippen LogP contribution in [0.2, 0.25) is 0 Å². The molecule has 1 aliphatic heterocycles. The van der Waals surface area contributed by atoms with Crippen molar-refractivity contribution in [1.29, 1.82) is 0 Å². The third-order valence-corrected chi connectivity index (χ3v) is 4.81. The molecule has 2 unspecified atom stereocenters. The minimum absolute atomic E-state index is 0.00740. The highest BCUT2D eigenvalue weighted by Gasteiger charge is 2.51. The zero-order chi connectivity index (χ0) is 19.5. The molecule has 26 heavy (non-hydrogen) atoms. The van der Waals surface area contributed by atoms with Crippen LogP contribution in [0.3, 0.4) is 0 Å². The first-order chi connectivity index (χ1) is 12.2. The summed E-state index contributed by atoms with van der Waals surface area (Å²) in [6.07, 6.45) is -3.90. The molecular formula is C15H19BrF3N3O4. The Morgan fingerprint density at radius 3 is 2.46 bits per heavy atom. The maximum Gasteiger partial charge on any atom is 0.544 e. The molecule has 0 spiro atoms. The van der Waals surface area contributed by atoms with Crippen molar-refractivity contribution in [3.8, 4) is 5.75 Å². The van der Waals surface area contributed by atoms with Crippen LogP contribution in [0, 0.1) is 0 Å². The van der Waals surface area contributed by atoms with Crippen molar-refractivity contribution >= 4 is 15.9 Å². The molecule has 0 amide bonds. The number of hydrogen-bond donors (Lipinski definition) is 2. The van der Waals surface area contributed by atoms with Crippen molar-refractivity contribution < 1.29 is 32.2 Å². The van der Waals surface area contributed by atoms with Crippen molar-refractivity contribution in [2.24, 2.45) is 5.73 Å². The van der Waals surface area contributed by atoms with Crippen LogP contribution in [0.1, 0.15) is 11.1 Å². The van der Waals surface area contributed by atoms with Crippen LogP contribution in [0.5, 0.6) is 5.75 Å². The molecular weight excluding hydrogens is 423 g/mol. The highest BCUT2D eigenvalue weighted by molar-refractivity contribution is 9.09. The second-order valence-corrected chi connectivity index (χ2v) is 6.10. The van der Waals surface area contributed by atoms with Crippen LogP contribution in [0.25, 0.3) is 0 Å². The largest absolute Gasteiger partial charge is 0.544 e. The van der Waals surface area contributed by atoms with Gasteiger partial charge in [-0.15, -0.1) is 13.2 Å². The van der Waals surface area contributed by atoms with E-state index in [1.165, 1.54) is 21.3 Å². The fourth-order valence-electron chi connectivity index (χ4n) is 2.56. The summed E-state index contributed by atoms with van der Waals surface area (Å²) in [6.45, 7) is 0.222. The second-order valence-electron chi connectivity index (χ2n) is 5.23. The van der Waals surface area contributed by atoms with E-state index in [0.29, 0.717) is 16.4 Å². The third-order valence-electron chi connectivity index (χ3n) is 3.76. The molecule has 3 N–H and O–H groups in total. The molecule has 1 aliphatic rings. The van der Waals surface area contributed by atoms with E-state index in [4.69, 9.17) is 19.9 Å². The van der Waals surface area contributed by atoms with Gasteiger partial charge in [0.15, 0.2) is 4.95 Å². The van der Waals surface area contributed by atoms with Crippen LogP contribution in [-0.4, -0.2) is 37.7 Å². The van der Waals surface area contributed by atoms with Gasteiger partial charge in [-0.2, -0.15) is 4.84 Å². The van der Waals surface area contributed by atoms with Crippen molar-refractivity contribution in [1.82, 2.24) is 10.4 Å². The summed E-state index contributed by atoms with van der Waals surface area (Å²) in [5, 5.41) is 3.48. The molecule has 1 aromatic rings. The van der Waals surface area contributed by atoms with Gasteiger partial charge in [0.25, 0.3) is 0 Å². The van der Waals surface area contributed by atoms with Gasteiger partial charge in [-0.1, -0.05) is 22.0 Å². The predicted molar refractivity (Wildman–Crippen MR) is 89.5 cm³/mol. The number of benzene rings is 1. The van der Waals surface area contributed by atoms with Crippen LogP contribution < -0.4 is 15.8 Å². The van der Waals surface area contributed by atoms with Gasteiger partial charge in [0, 0.05) is 19.2 Å². The number of hydroxylamine groups is 2. The van der Waals surface area contributed by atoms with Gasteiger partial charge in [-0.25, -0.2) is 5.06 Å². The molecule has 11 heteroatoms. The summed E-state index contributed by atoms with van der Waals surface area (Å²) in [7, 11) is 4.07. The fraction of sp³-hybridized carbons (Fsp3) is 0.467. The number of nitrogens with one attached hydrogen (secondary N) is 1. The van der Waals surface area contributed by atoms with Gasteiger partial charge < -0.3 is 25.3 Å². The van der Waals surface area contributed by atoms with Crippen LogP contribution in [0.4, 0.5) is 13.2 Å². The number of nitrogens with two attached hydrogens (primary N) is 1. The number of alkyl halides is 4. The molecule has 0 bridgehead atoms. The van der Waals surface area contributed by atoms with Crippen molar-refractivity contribution in [3.05, 3.63) is 41.4 Å². The number of halogens is 4. The van der Waals surface area contributed by atoms with Gasteiger partial charge in [0.05, 0.1) is 20.4 Å². The summed E-state index contributed by atoms with van der Waals surface area (Å²) in [5.41, 5.74) is 5.29. The molecule has 7 nitrogen and oxygen atoms in total. The fourth-order valence-corrected chi connectivity index (χ4v) is 3.31. The van der Waals surface area contributed by atoms with Gasteiger partial charge in [-0.3, -0.25) is 0 Å². The SMILES string of the molecule is COC1=CN(OC(F)(F)F)C(Br)C(OC)(c2cc(CN)ccc2OC)N1. The van der Waals surface area contributed by atoms with E-state index in [2.05, 4.69) is 26.1 Å². The smallest absolute Gasteiger partial charge is 0.496 e.